The molecule has 0 spiro atoms. The lowest BCUT2D eigenvalue weighted by atomic mass is 10.0. The van der Waals surface area contributed by atoms with Crippen molar-refractivity contribution in [3.8, 4) is 0 Å². The normalized spacial score (nSPS) is 19.1. The van der Waals surface area contributed by atoms with Crippen LogP contribution in [0, 0.1) is 5.92 Å². The number of hydrogen-bond acceptors (Lipinski definition) is 3. The molecule has 0 bridgehead atoms. The molecule has 0 aliphatic carbocycles. The van der Waals surface area contributed by atoms with Crippen LogP contribution in [0.25, 0.3) is 11.2 Å². The van der Waals surface area contributed by atoms with Gasteiger partial charge in [0.1, 0.15) is 0 Å². The second-order valence-corrected chi connectivity index (χ2v) is 6.29. The maximum atomic E-state index is 12.6. The largest absolute Gasteiger partial charge is 0.340 e. The van der Waals surface area contributed by atoms with Crippen molar-refractivity contribution >= 4 is 17.1 Å². The highest BCUT2D eigenvalue weighted by molar-refractivity contribution is 5.78. The van der Waals surface area contributed by atoms with E-state index in [0.29, 0.717) is 12.2 Å². The minimum absolute atomic E-state index is 0.00236. The van der Waals surface area contributed by atoms with Crippen LogP contribution in [-0.2, 0) is 11.8 Å². The van der Waals surface area contributed by atoms with Crippen molar-refractivity contribution in [1.82, 2.24) is 19.0 Å². The molecular formula is C16H22N4O2. The van der Waals surface area contributed by atoms with Crippen molar-refractivity contribution in [3.63, 3.8) is 0 Å². The fraction of sp³-hybridized carbons (Fsp3) is 0.562. The van der Waals surface area contributed by atoms with Crippen LogP contribution in [-0.4, -0.2) is 38.0 Å². The van der Waals surface area contributed by atoms with Gasteiger partial charge in [-0.05, 0) is 25.0 Å². The zero-order valence-electron chi connectivity index (χ0n) is 13.3. The smallest absolute Gasteiger partial charge is 0.330 e. The number of fused-ring (bicyclic) bond motifs is 1. The van der Waals surface area contributed by atoms with Crippen molar-refractivity contribution in [2.45, 2.75) is 32.7 Å². The van der Waals surface area contributed by atoms with Crippen molar-refractivity contribution < 1.29 is 4.79 Å². The van der Waals surface area contributed by atoms with E-state index in [9.17, 15) is 9.59 Å². The molecule has 1 fully saturated rings. The van der Waals surface area contributed by atoms with Gasteiger partial charge in [-0.15, -0.1) is 0 Å². The summed E-state index contributed by atoms with van der Waals surface area (Å²) in [4.78, 5) is 31.1. The summed E-state index contributed by atoms with van der Waals surface area (Å²) in [6.07, 6.45) is 3.52. The van der Waals surface area contributed by atoms with Crippen LogP contribution in [0.5, 0.6) is 0 Å². The van der Waals surface area contributed by atoms with Crippen molar-refractivity contribution in [1.29, 1.82) is 0 Å². The van der Waals surface area contributed by atoms with Gasteiger partial charge >= 0.3 is 5.69 Å². The molecule has 0 saturated carbocycles. The van der Waals surface area contributed by atoms with Crippen LogP contribution in [0.15, 0.2) is 23.1 Å². The van der Waals surface area contributed by atoms with Crippen molar-refractivity contribution in [2.24, 2.45) is 13.0 Å². The molecule has 1 saturated heterocycles. The van der Waals surface area contributed by atoms with Gasteiger partial charge in [0.2, 0.25) is 5.91 Å². The molecule has 0 unspecified atom stereocenters. The lowest BCUT2D eigenvalue weighted by Gasteiger charge is -2.34. The predicted molar refractivity (Wildman–Crippen MR) is 84.7 cm³/mol. The quantitative estimate of drug-likeness (QED) is 0.846. The van der Waals surface area contributed by atoms with Gasteiger partial charge in [0.05, 0.1) is 11.6 Å². The summed E-state index contributed by atoms with van der Waals surface area (Å²) in [6, 6.07) is 3.74. The van der Waals surface area contributed by atoms with E-state index in [2.05, 4.69) is 4.98 Å². The van der Waals surface area contributed by atoms with Crippen LogP contribution in [0.3, 0.4) is 0 Å². The molecule has 0 radical (unpaired) electrons. The number of pyridine rings is 1. The molecule has 0 N–H and O–H groups in total. The number of piperidine rings is 1. The van der Waals surface area contributed by atoms with E-state index in [-0.39, 0.29) is 23.6 Å². The summed E-state index contributed by atoms with van der Waals surface area (Å²) >= 11 is 0. The number of nitrogens with zero attached hydrogens (tertiary/aromatic N) is 4. The molecule has 1 amide bonds. The van der Waals surface area contributed by atoms with E-state index in [1.807, 2.05) is 30.9 Å². The first-order valence-corrected chi connectivity index (χ1v) is 7.81. The summed E-state index contributed by atoms with van der Waals surface area (Å²) in [5.74, 6) is 0.145. The topological polar surface area (TPSA) is 60.1 Å². The predicted octanol–water partition coefficient (Wildman–Crippen LogP) is 1.55. The lowest BCUT2D eigenvalue weighted by molar-refractivity contribution is -0.136. The van der Waals surface area contributed by atoms with Crippen LogP contribution < -0.4 is 5.69 Å². The Bertz CT molecular complexity index is 759. The van der Waals surface area contributed by atoms with E-state index in [0.717, 1.165) is 24.9 Å². The summed E-state index contributed by atoms with van der Waals surface area (Å²) in [6.45, 7) is 5.20. The Hall–Kier alpha value is -2.11. The minimum Gasteiger partial charge on any atom is -0.340 e. The molecule has 1 atom stereocenters. The van der Waals surface area contributed by atoms with E-state index < -0.39 is 0 Å². The molecule has 3 rings (SSSR count). The van der Waals surface area contributed by atoms with Gasteiger partial charge in [0, 0.05) is 32.3 Å². The number of carbonyl (C=O) groups is 1. The van der Waals surface area contributed by atoms with Crippen LogP contribution >= 0.6 is 0 Å². The first-order chi connectivity index (χ1) is 10.5. The number of aromatic nitrogens is 3. The SMILES string of the molecule is CC(C)C(=O)N1CCC[C@H](n2c(=O)n(C)c3cccnc32)C1. The Balaban J connectivity index is 1.99. The van der Waals surface area contributed by atoms with Crippen molar-refractivity contribution in [2.75, 3.05) is 13.1 Å². The van der Waals surface area contributed by atoms with Crippen LogP contribution in [0.2, 0.25) is 0 Å². The van der Waals surface area contributed by atoms with E-state index >= 15 is 0 Å². The Morgan fingerprint density at radius 3 is 2.91 bits per heavy atom. The van der Waals surface area contributed by atoms with Gasteiger partial charge in [-0.3, -0.25) is 13.9 Å². The highest BCUT2D eigenvalue weighted by Gasteiger charge is 2.28. The third kappa shape index (κ3) is 2.32. The number of carbonyl (C=O) groups excluding carboxylic acids is 1. The molecule has 1 aliphatic rings. The molecular weight excluding hydrogens is 280 g/mol. The van der Waals surface area contributed by atoms with E-state index in [1.54, 1.807) is 22.4 Å². The average Bonchev–Trinajstić information content (AvgIpc) is 2.78. The first-order valence-electron chi connectivity index (χ1n) is 7.81. The maximum Gasteiger partial charge on any atom is 0.330 e. The molecule has 118 valence electrons. The third-order valence-electron chi connectivity index (χ3n) is 4.42. The first kappa shape index (κ1) is 14.8. The Morgan fingerprint density at radius 2 is 2.18 bits per heavy atom. The van der Waals surface area contributed by atoms with Gasteiger partial charge in [-0.1, -0.05) is 13.8 Å². The zero-order valence-corrected chi connectivity index (χ0v) is 13.3. The Labute approximate surface area is 129 Å². The fourth-order valence-corrected chi connectivity index (χ4v) is 3.25. The number of aryl methyl sites for hydroxylation is 1. The van der Waals surface area contributed by atoms with Gasteiger partial charge in [0.15, 0.2) is 5.65 Å². The summed E-state index contributed by atoms with van der Waals surface area (Å²) in [5.41, 5.74) is 1.48. The Kier molecular flexibility index (Phi) is 3.76. The van der Waals surface area contributed by atoms with Gasteiger partial charge in [-0.2, -0.15) is 0 Å². The summed E-state index contributed by atoms with van der Waals surface area (Å²) in [5, 5.41) is 0. The molecule has 0 aromatic carbocycles. The van der Waals surface area contributed by atoms with Gasteiger partial charge < -0.3 is 4.90 Å². The number of likely N-dealkylation sites (tertiary alicyclic amines) is 1. The van der Waals surface area contributed by atoms with E-state index in [1.165, 1.54) is 0 Å². The zero-order chi connectivity index (χ0) is 15.9. The number of rotatable bonds is 2. The fourth-order valence-electron chi connectivity index (χ4n) is 3.25. The summed E-state index contributed by atoms with van der Waals surface area (Å²) in [7, 11) is 1.77. The highest BCUT2D eigenvalue weighted by atomic mass is 16.2. The van der Waals surface area contributed by atoms with Crippen LogP contribution in [0.4, 0.5) is 0 Å². The molecule has 22 heavy (non-hydrogen) atoms. The van der Waals surface area contributed by atoms with Crippen molar-refractivity contribution in [3.05, 3.63) is 28.8 Å². The Morgan fingerprint density at radius 1 is 1.41 bits per heavy atom. The molecule has 1 aliphatic heterocycles. The second-order valence-electron chi connectivity index (χ2n) is 6.29. The van der Waals surface area contributed by atoms with Gasteiger partial charge in [0.25, 0.3) is 0 Å². The molecule has 6 heteroatoms. The highest BCUT2D eigenvalue weighted by Crippen LogP contribution is 2.24. The lowest BCUT2D eigenvalue weighted by Crippen LogP contribution is -2.44. The van der Waals surface area contributed by atoms with E-state index in [4.69, 9.17) is 0 Å². The molecule has 2 aromatic rings. The number of hydrogen-bond donors (Lipinski definition) is 0. The van der Waals surface area contributed by atoms with Gasteiger partial charge in [-0.25, -0.2) is 9.78 Å². The third-order valence-corrected chi connectivity index (χ3v) is 4.42. The summed E-state index contributed by atoms with van der Waals surface area (Å²) < 4.78 is 3.39. The molecule has 2 aromatic heterocycles. The second kappa shape index (κ2) is 5.59. The number of amides is 1. The maximum absolute atomic E-state index is 12.6. The molecule has 3 heterocycles. The number of imidazole rings is 1. The van der Waals surface area contributed by atoms with Crippen LogP contribution in [0.1, 0.15) is 32.7 Å². The standard InChI is InChI=1S/C16H22N4O2/c1-11(2)15(21)19-9-5-6-12(10-19)20-14-13(7-4-8-17-14)18(3)16(20)22/h4,7-8,11-12H,5-6,9-10H2,1-3H3/t12-/m0/s1. The minimum atomic E-state index is -0.0578. The average molecular weight is 302 g/mol. The molecule has 6 nitrogen and oxygen atoms in total. The monoisotopic (exact) mass is 302 g/mol.